The molecule has 5 rings (SSSR count). The van der Waals surface area contributed by atoms with Crippen LogP contribution in [0.15, 0.2) is 58.4 Å². The van der Waals surface area contributed by atoms with Crippen molar-refractivity contribution in [3.8, 4) is 5.00 Å². The van der Waals surface area contributed by atoms with E-state index in [1.165, 1.54) is 12.1 Å². The summed E-state index contributed by atoms with van der Waals surface area (Å²) in [6.07, 6.45) is -0.260. The van der Waals surface area contributed by atoms with Gasteiger partial charge in [0.1, 0.15) is 22.7 Å². The molecule has 0 amide bonds. The van der Waals surface area contributed by atoms with Crippen molar-refractivity contribution in [3.05, 3.63) is 87.6 Å². The second kappa shape index (κ2) is 9.20. The first-order chi connectivity index (χ1) is 17.5. The van der Waals surface area contributed by atoms with Gasteiger partial charge in [0, 0.05) is 21.7 Å². The van der Waals surface area contributed by atoms with E-state index >= 15 is 0 Å². The average molecular weight is 540 g/mol. The molecule has 2 N–H and O–H groups in total. The molecule has 1 aliphatic rings. The van der Waals surface area contributed by atoms with E-state index in [1.54, 1.807) is 35.6 Å². The van der Waals surface area contributed by atoms with Gasteiger partial charge in [0.2, 0.25) is 0 Å². The molecular weight excluding hydrogens is 517 g/mol. The number of fused-ring (bicyclic) bond motifs is 3. The third-order valence-electron chi connectivity index (χ3n) is 6.14. The molecular formula is C25H22FN5O4S2. The Morgan fingerprint density at radius 1 is 1.08 bits per heavy atom. The lowest BCUT2D eigenvalue weighted by Gasteiger charge is -2.12. The second-order valence-corrected chi connectivity index (χ2v) is 11.5. The SMILES string of the molecule is Cc1sc2c(c1C)C(c1ccc(NS(=O)(=O)c3ccc(F)cc3)cc1)=N[C@@H](CC(=O)O)c1nnc(C)n1-2. The zero-order chi connectivity index (χ0) is 26.5. The van der Waals surface area contributed by atoms with Gasteiger partial charge in [-0.25, -0.2) is 12.8 Å². The lowest BCUT2D eigenvalue weighted by Crippen LogP contribution is -2.13. The number of carbonyl (C=O) groups is 1. The monoisotopic (exact) mass is 539 g/mol. The Kier molecular flexibility index (Phi) is 6.16. The topological polar surface area (TPSA) is 127 Å². The Morgan fingerprint density at radius 3 is 2.41 bits per heavy atom. The summed E-state index contributed by atoms with van der Waals surface area (Å²) >= 11 is 1.56. The number of benzene rings is 2. The van der Waals surface area contributed by atoms with Crippen molar-refractivity contribution in [2.75, 3.05) is 4.72 Å². The zero-order valence-electron chi connectivity index (χ0n) is 20.1. The summed E-state index contributed by atoms with van der Waals surface area (Å²) in [4.78, 5) is 17.6. The minimum absolute atomic E-state index is 0.0601. The van der Waals surface area contributed by atoms with Crippen molar-refractivity contribution in [3.63, 3.8) is 0 Å². The van der Waals surface area contributed by atoms with E-state index < -0.39 is 27.9 Å². The van der Waals surface area contributed by atoms with E-state index in [0.717, 1.165) is 33.1 Å². The molecule has 2 aromatic heterocycles. The number of aryl methyl sites for hydroxylation is 2. The molecule has 1 atom stereocenters. The van der Waals surface area contributed by atoms with E-state index in [0.29, 0.717) is 28.6 Å². The van der Waals surface area contributed by atoms with E-state index in [9.17, 15) is 22.7 Å². The average Bonchev–Trinajstić information content (AvgIpc) is 3.32. The van der Waals surface area contributed by atoms with Crippen LogP contribution in [0, 0.1) is 26.6 Å². The molecule has 0 saturated carbocycles. The number of rotatable bonds is 6. The summed E-state index contributed by atoms with van der Waals surface area (Å²) in [5.74, 6) is -0.445. The van der Waals surface area contributed by atoms with E-state index in [2.05, 4.69) is 14.9 Å². The minimum atomic E-state index is -3.91. The number of sulfonamides is 1. The van der Waals surface area contributed by atoms with Gasteiger partial charge in [-0.15, -0.1) is 21.5 Å². The largest absolute Gasteiger partial charge is 0.481 e. The van der Waals surface area contributed by atoms with Gasteiger partial charge < -0.3 is 5.11 Å². The van der Waals surface area contributed by atoms with Crippen molar-refractivity contribution in [1.82, 2.24) is 14.8 Å². The number of carboxylic acid groups (broad SMARTS) is 1. The third kappa shape index (κ3) is 4.53. The summed E-state index contributed by atoms with van der Waals surface area (Å²) in [6.45, 7) is 5.81. The molecule has 9 nitrogen and oxygen atoms in total. The number of carboxylic acids is 1. The lowest BCUT2D eigenvalue weighted by atomic mass is 9.99. The molecule has 0 fully saturated rings. The molecule has 0 saturated heterocycles. The van der Waals surface area contributed by atoms with Crippen LogP contribution in [-0.2, 0) is 14.8 Å². The van der Waals surface area contributed by atoms with Gasteiger partial charge >= 0.3 is 5.97 Å². The number of aromatic nitrogens is 3. The van der Waals surface area contributed by atoms with Crippen LogP contribution in [0.3, 0.4) is 0 Å². The molecule has 12 heteroatoms. The summed E-state index contributed by atoms with van der Waals surface area (Å²) in [7, 11) is -3.91. The van der Waals surface area contributed by atoms with Crippen molar-refractivity contribution >= 4 is 38.7 Å². The molecule has 37 heavy (non-hydrogen) atoms. The molecule has 0 unspecified atom stereocenters. The van der Waals surface area contributed by atoms with Crippen LogP contribution in [-0.4, -0.2) is 40.0 Å². The van der Waals surface area contributed by atoms with E-state index in [-0.39, 0.29) is 11.3 Å². The van der Waals surface area contributed by atoms with Gasteiger partial charge in [-0.2, -0.15) is 0 Å². The number of hydrogen-bond donors (Lipinski definition) is 2. The predicted octanol–water partition coefficient (Wildman–Crippen LogP) is 4.56. The highest BCUT2D eigenvalue weighted by Gasteiger charge is 2.32. The first kappa shape index (κ1) is 24.8. The quantitative estimate of drug-likeness (QED) is 0.370. The van der Waals surface area contributed by atoms with Crippen molar-refractivity contribution in [1.29, 1.82) is 0 Å². The normalized spacial score (nSPS) is 14.9. The van der Waals surface area contributed by atoms with Gasteiger partial charge in [-0.05, 0) is 62.7 Å². The van der Waals surface area contributed by atoms with Crippen molar-refractivity contribution in [2.24, 2.45) is 4.99 Å². The van der Waals surface area contributed by atoms with E-state index in [4.69, 9.17) is 4.99 Å². The summed E-state index contributed by atoms with van der Waals surface area (Å²) in [6, 6.07) is 10.5. The maximum Gasteiger partial charge on any atom is 0.306 e. The first-order valence-electron chi connectivity index (χ1n) is 11.3. The number of thiophene rings is 1. The molecule has 0 bridgehead atoms. The van der Waals surface area contributed by atoms with Crippen LogP contribution < -0.4 is 4.72 Å². The van der Waals surface area contributed by atoms with Crippen molar-refractivity contribution in [2.45, 2.75) is 38.1 Å². The molecule has 1 aliphatic heterocycles. The number of aliphatic imine (C=N–C) groups is 1. The Balaban J connectivity index is 1.57. The summed E-state index contributed by atoms with van der Waals surface area (Å²) in [5, 5.41) is 18.9. The van der Waals surface area contributed by atoms with Gasteiger partial charge in [-0.1, -0.05) is 12.1 Å². The highest BCUT2D eigenvalue weighted by Crippen LogP contribution is 2.39. The number of halogens is 1. The fourth-order valence-corrected chi connectivity index (χ4v) is 6.49. The fraction of sp³-hybridized carbons (Fsp3) is 0.200. The molecule has 3 heterocycles. The standard InChI is InChI=1S/C25H22FN5O4S2/c1-13-14(2)36-25-22(13)23(27-20(12-21(32)33)24-29-28-15(3)31(24)25)16-4-8-18(9-5-16)30-37(34,35)19-10-6-17(26)7-11-19/h4-11,20,30H,12H2,1-3H3,(H,32,33)/t20-/m0/s1. The van der Waals surface area contributed by atoms with Crippen molar-refractivity contribution < 1.29 is 22.7 Å². The van der Waals surface area contributed by atoms with Crippen LogP contribution in [0.5, 0.6) is 0 Å². The first-order valence-corrected chi connectivity index (χ1v) is 13.6. The molecule has 0 spiro atoms. The van der Waals surface area contributed by atoms with Gasteiger partial charge in [0.15, 0.2) is 5.82 Å². The predicted molar refractivity (Wildman–Crippen MR) is 138 cm³/mol. The molecule has 2 aromatic carbocycles. The highest BCUT2D eigenvalue weighted by molar-refractivity contribution is 7.92. The number of nitrogens with one attached hydrogen (secondary N) is 1. The van der Waals surface area contributed by atoms with Gasteiger partial charge in [0.25, 0.3) is 10.0 Å². The van der Waals surface area contributed by atoms with E-state index in [1.807, 2.05) is 25.3 Å². The molecule has 0 radical (unpaired) electrons. The minimum Gasteiger partial charge on any atom is -0.481 e. The van der Waals surface area contributed by atoms with Crippen LogP contribution in [0.25, 0.3) is 5.00 Å². The number of anilines is 1. The Labute approximate surface area is 216 Å². The van der Waals surface area contributed by atoms with Gasteiger partial charge in [0.05, 0.1) is 17.0 Å². The Bertz CT molecular complexity index is 1660. The molecule has 4 aromatic rings. The third-order valence-corrected chi connectivity index (χ3v) is 8.73. The molecule has 0 aliphatic carbocycles. The second-order valence-electron chi connectivity index (χ2n) is 8.63. The van der Waals surface area contributed by atoms with Gasteiger partial charge in [-0.3, -0.25) is 19.1 Å². The zero-order valence-corrected chi connectivity index (χ0v) is 21.7. The summed E-state index contributed by atoms with van der Waals surface area (Å²) in [5.41, 5.74) is 3.48. The van der Waals surface area contributed by atoms with Crippen LogP contribution in [0.1, 0.15) is 45.7 Å². The number of aliphatic carboxylic acids is 1. The lowest BCUT2D eigenvalue weighted by molar-refractivity contribution is -0.137. The smallest absolute Gasteiger partial charge is 0.306 e. The number of nitrogens with zero attached hydrogens (tertiary/aromatic N) is 4. The maximum absolute atomic E-state index is 13.2. The van der Waals surface area contributed by atoms with Crippen LogP contribution in [0.2, 0.25) is 0 Å². The number of hydrogen-bond acceptors (Lipinski definition) is 7. The van der Waals surface area contributed by atoms with Crippen LogP contribution in [0.4, 0.5) is 10.1 Å². The highest BCUT2D eigenvalue weighted by atomic mass is 32.2. The Morgan fingerprint density at radius 2 is 1.76 bits per heavy atom. The maximum atomic E-state index is 13.2. The van der Waals surface area contributed by atoms with Crippen LogP contribution >= 0.6 is 11.3 Å². The molecule has 190 valence electrons. The Hall–Kier alpha value is -3.90. The summed E-state index contributed by atoms with van der Waals surface area (Å²) < 4.78 is 43.0. The fourth-order valence-electron chi connectivity index (χ4n) is 4.21.